The predicted molar refractivity (Wildman–Crippen MR) is 79.9 cm³/mol. The highest BCUT2D eigenvalue weighted by atomic mass is 16.5. The maximum atomic E-state index is 11.6. The lowest BCUT2D eigenvalue weighted by Gasteiger charge is -2.33. The summed E-state index contributed by atoms with van der Waals surface area (Å²) in [5.74, 6) is 0.808. The number of esters is 1. The Morgan fingerprint density at radius 3 is 2.45 bits per heavy atom. The Kier molecular flexibility index (Phi) is 6.42. The highest BCUT2D eigenvalue weighted by Crippen LogP contribution is 2.19. The van der Waals surface area contributed by atoms with Gasteiger partial charge in [-0.15, -0.1) is 0 Å². The van der Waals surface area contributed by atoms with Crippen LogP contribution in [0, 0.1) is 5.92 Å². The fraction of sp³-hybridized carbons (Fsp3) is 0.667. The fourth-order valence-electron chi connectivity index (χ4n) is 2.25. The lowest BCUT2D eigenvalue weighted by molar-refractivity contribution is 0.0593. The molecule has 0 spiro atoms. The Morgan fingerprint density at radius 1 is 1.30 bits per heavy atom. The van der Waals surface area contributed by atoms with E-state index in [9.17, 15) is 4.79 Å². The van der Waals surface area contributed by atoms with Crippen LogP contribution in [-0.4, -0.2) is 35.6 Å². The van der Waals surface area contributed by atoms with Crippen molar-refractivity contribution < 1.29 is 9.53 Å². The van der Waals surface area contributed by atoms with Crippen LogP contribution in [0.2, 0.25) is 0 Å². The van der Waals surface area contributed by atoms with Crippen molar-refractivity contribution in [2.24, 2.45) is 5.92 Å². The molecule has 0 aliphatic rings. The highest BCUT2D eigenvalue weighted by Gasteiger charge is 2.20. The molecule has 0 N–H and O–H groups in total. The molecule has 0 bridgehead atoms. The topological polar surface area (TPSA) is 55.3 Å². The summed E-state index contributed by atoms with van der Waals surface area (Å²) in [5.41, 5.74) is 0.254. The summed E-state index contributed by atoms with van der Waals surface area (Å²) in [5, 5.41) is 0. The monoisotopic (exact) mass is 279 g/mol. The Bertz CT molecular complexity index is 431. The first-order valence-electron chi connectivity index (χ1n) is 7.20. The van der Waals surface area contributed by atoms with E-state index in [1.165, 1.54) is 13.3 Å². The molecule has 112 valence electrons. The Hall–Kier alpha value is -1.65. The van der Waals surface area contributed by atoms with E-state index in [0.29, 0.717) is 12.0 Å². The van der Waals surface area contributed by atoms with Crippen LogP contribution in [0.25, 0.3) is 0 Å². The van der Waals surface area contributed by atoms with Gasteiger partial charge in [0.15, 0.2) is 5.69 Å². The average molecular weight is 279 g/mol. The van der Waals surface area contributed by atoms with Crippen LogP contribution in [-0.2, 0) is 4.74 Å². The number of anilines is 1. The molecular formula is C15H25N3O2. The number of ether oxygens (including phenoxy) is 1. The fourth-order valence-corrected chi connectivity index (χ4v) is 2.25. The van der Waals surface area contributed by atoms with Crippen molar-refractivity contribution in [2.45, 2.75) is 46.6 Å². The van der Waals surface area contributed by atoms with Crippen LogP contribution in [0.5, 0.6) is 0 Å². The zero-order chi connectivity index (χ0) is 15.1. The summed E-state index contributed by atoms with van der Waals surface area (Å²) in [7, 11) is 1.35. The number of nitrogens with zero attached hydrogens (tertiary/aromatic N) is 3. The van der Waals surface area contributed by atoms with Crippen molar-refractivity contribution in [3.63, 3.8) is 0 Å². The van der Waals surface area contributed by atoms with Gasteiger partial charge in [-0.1, -0.05) is 27.7 Å². The van der Waals surface area contributed by atoms with Gasteiger partial charge in [-0.05, 0) is 18.8 Å². The van der Waals surface area contributed by atoms with Crippen LogP contribution in [0.3, 0.4) is 0 Å². The number of carbonyl (C=O) groups is 1. The highest BCUT2D eigenvalue weighted by molar-refractivity contribution is 5.87. The Labute approximate surface area is 121 Å². The first-order chi connectivity index (χ1) is 9.53. The average Bonchev–Trinajstić information content (AvgIpc) is 2.46. The summed E-state index contributed by atoms with van der Waals surface area (Å²) in [6, 6.07) is 0.402. The van der Waals surface area contributed by atoms with E-state index in [0.717, 1.165) is 25.2 Å². The molecule has 1 heterocycles. The van der Waals surface area contributed by atoms with Crippen LogP contribution in [0.4, 0.5) is 5.82 Å². The normalized spacial score (nSPS) is 10.9. The molecule has 0 saturated heterocycles. The van der Waals surface area contributed by atoms with E-state index in [2.05, 4.69) is 42.6 Å². The molecule has 0 aromatic carbocycles. The molecule has 5 heteroatoms. The first-order valence-corrected chi connectivity index (χ1v) is 7.20. The van der Waals surface area contributed by atoms with Crippen molar-refractivity contribution >= 4 is 11.8 Å². The van der Waals surface area contributed by atoms with Gasteiger partial charge in [-0.2, -0.15) is 0 Å². The summed E-state index contributed by atoms with van der Waals surface area (Å²) >= 11 is 0. The second-order valence-electron chi connectivity index (χ2n) is 5.27. The van der Waals surface area contributed by atoms with Gasteiger partial charge in [0.05, 0.1) is 19.5 Å². The van der Waals surface area contributed by atoms with Gasteiger partial charge in [0.2, 0.25) is 0 Å². The number of carbonyl (C=O) groups excluding carboxylic acids is 1. The van der Waals surface area contributed by atoms with Crippen LogP contribution in [0.1, 0.15) is 51.0 Å². The number of rotatable bonds is 7. The molecule has 1 aromatic rings. The lowest BCUT2D eigenvalue weighted by atomic mass is 10.1. The van der Waals surface area contributed by atoms with E-state index in [1.54, 1.807) is 6.20 Å². The molecule has 0 unspecified atom stereocenters. The van der Waals surface area contributed by atoms with Crippen LogP contribution >= 0.6 is 0 Å². The van der Waals surface area contributed by atoms with Gasteiger partial charge in [-0.3, -0.25) is 4.98 Å². The third-order valence-corrected chi connectivity index (χ3v) is 3.26. The Balaban J connectivity index is 3.09. The molecule has 0 aliphatic carbocycles. The van der Waals surface area contributed by atoms with E-state index in [-0.39, 0.29) is 5.69 Å². The van der Waals surface area contributed by atoms with Gasteiger partial charge in [0, 0.05) is 12.6 Å². The quantitative estimate of drug-likeness (QED) is 0.718. The van der Waals surface area contributed by atoms with Crippen molar-refractivity contribution in [3.8, 4) is 0 Å². The number of hydrogen-bond acceptors (Lipinski definition) is 5. The number of hydrogen-bond donors (Lipinski definition) is 0. The van der Waals surface area contributed by atoms with Gasteiger partial charge in [0.25, 0.3) is 0 Å². The van der Waals surface area contributed by atoms with E-state index < -0.39 is 5.97 Å². The van der Waals surface area contributed by atoms with Crippen LogP contribution in [0.15, 0.2) is 12.4 Å². The zero-order valence-corrected chi connectivity index (χ0v) is 13.1. The van der Waals surface area contributed by atoms with E-state index >= 15 is 0 Å². The van der Waals surface area contributed by atoms with E-state index in [1.807, 2.05) is 0 Å². The largest absolute Gasteiger partial charge is 0.464 e. The molecule has 1 rings (SSSR count). The van der Waals surface area contributed by atoms with Gasteiger partial charge in [-0.25, -0.2) is 9.78 Å². The number of aromatic nitrogens is 2. The summed E-state index contributed by atoms with van der Waals surface area (Å²) in [6.45, 7) is 9.57. The molecule has 0 amide bonds. The predicted octanol–water partition coefficient (Wildman–Crippen LogP) is 2.91. The third-order valence-electron chi connectivity index (χ3n) is 3.26. The zero-order valence-electron chi connectivity index (χ0n) is 13.1. The minimum Gasteiger partial charge on any atom is -0.464 e. The number of methoxy groups -OCH3 is 1. The van der Waals surface area contributed by atoms with Gasteiger partial charge >= 0.3 is 5.97 Å². The molecule has 0 radical (unpaired) electrons. The van der Waals surface area contributed by atoms with E-state index in [4.69, 9.17) is 4.74 Å². The second kappa shape index (κ2) is 7.82. The smallest absolute Gasteiger partial charge is 0.358 e. The molecule has 20 heavy (non-hydrogen) atoms. The van der Waals surface area contributed by atoms with Crippen molar-refractivity contribution in [3.05, 3.63) is 18.1 Å². The first kappa shape index (κ1) is 16.4. The summed E-state index contributed by atoms with van der Waals surface area (Å²) in [6.07, 6.45) is 5.23. The molecule has 1 aromatic heterocycles. The Morgan fingerprint density at radius 2 is 1.95 bits per heavy atom. The van der Waals surface area contributed by atoms with Gasteiger partial charge in [0.1, 0.15) is 5.82 Å². The summed E-state index contributed by atoms with van der Waals surface area (Å²) in [4.78, 5) is 22.3. The molecule has 5 nitrogen and oxygen atoms in total. The SMILES string of the molecule is CCC(CC)N(CC(C)C)c1cncc(C(=O)OC)n1. The molecule has 0 atom stereocenters. The summed E-state index contributed by atoms with van der Waals surface area (Å²) < 4.78 is 4.71. The van der Waals surface area contributed by atoms with Crippen molar-refractivity contribution in [1.82, 2.24) is 9.97 Å². The van der Waals surface area contributed by atoms with Crippen LogP contribution < -0.4 is 4.90 Å². The maximum Gasteiger partial charge on any atom is 0.358 e. The second-order valence-corrected chi connectivity index (χ2v) is 5.27. The minimum absolute atomic E-state index is 0.254. The standard InChI is InChI=1S/C15H25N3O2/c1-6-12(7-2)18(10-11(3)4)14-9-16-8-13(17-14)15(19)20-5/h8-9,11-12H,6-7,10H2,1-5H3. The van der Waals surface area contributed by atoms with Gasteiger partial charge < -0.3 is 9.64 Å². The molecule has 0 aliphatic heterocycles. The maximum absolute atomic E-state index is 11.6. The van der Waals surface area contributed by atoms with Crippen molar-refractivity contribution in [2.75, 3.05) is 18.6 Å². The molecule has 0 saturated carbocycles. The molecular weight excluding hydrogens is 254 g/mol. The third kappa shape index (κ3) is 4.18. The van der Waals surface area contributed by atoms with Crippen molar-refractivity contribution in [1.29, 1.82) is 0 Å². The lowest BCUT2D eigenvalue weighted by Crippen LogP contribution is -2.38. The molecule has 0 fully saturated rings. The minimum atomic E-state index is -0.451.